The minimum atomic E-state index is 0.460. The highest BCUT2D eigenvalue weighted by Crippen LogP contribution is 2.18. The lowest BCUT2D eigenvalue weighted by Crippen LogP contribution is -1.99. The highest BCUT2D eigenvalue weighted by Gasteiger charge is 2.00. The molecule has 0 radical (unpaired) electrons. The number of nitrogens with zero attached hydrogens (tertiary/aromatic N) is 2. The number of ether oxygens (including phenoxy) is 1. The van der Waals surface area contributed by atoms with Crippen LogP contribution in [0.15, 0.2) is 54.7 Å². The van der Waals surface area contributed by atoms with E-state index in [1.165, 1.54) is 0 Å². The molecule has 2 aromatic heterocycles. The van der Waals surface area contributed by atoms with E-state index in [1.54, 1.807) is 6.20 Å². The van der Waals surface area contributed by atoms with Gasteiger partial charge in [-0.05, 0) is 31.2 Å². The fraction of sp³-hybridized carbons (Fsp3) is 0.125. The van der Waals surface area contributed by atoms with E-state index in [1.807, 2.05) is 55.5 Å². The third-order valence-corrected chi connectivity index (χ3v) is 2.90. The maximum absolute atomic E-state index is 5.73. The summed E-state index contributed by atoms with van der Waals surface area (Å²) in [5.74, 6) is 0.766. The Kier molecular flexibility index (Phi) is 3.11. The number of benzene rings is 1. The zero-order valence-corrected chi connectivity index (χ0v) is 10.7. The third-order valence-electron chi connectivity index (χ3n) is 2.90. The summed E-state index contributed by atoms with van der Waals surface area (Å²) in [6.07, 6.45) is 1.75. The van der Waals surface area contributed by atoms with Crippen molar-refractivity contribution in [2.24, 2.45) is 0 Å². The van der Waals surface area contributed by atoms with Gasteiger partial charge in [0, 0.05) is 11.1 Å². The van der Waals surface area contributed by atoms with E-state index in [-0.39, 0.29) is 0 Å². The number of hydrogen-bond acceptors (Lipinski definition) is 3. The summed E-state index contributed by atoms with van der Waals surface area (Å²) >= 11 is 0. The number of para-hydroxylation sites is 1. The minimum Gasteiger partial charge on any atom is -0.486 e. The van der Waals surface area contributed by atoms with Crippen LogP contribution in [-0.4, -0.2) is 9.97 Å². The van der Waals surface area contributed by atoms with Gasteiger partial charge in [-0.15, -0.1) is 0 Å². The van der Waals surface area contributed by atoms with Crippen molar-refractivity contribution in [2.75, 3.05) is 0 Å². The van der Waals surface area contributed by atoms with Gasteiger partial charge in [0.2, 0.25) is 0 Å². The van der Waals surface area contributed by atoms with Gasteiger partial charge in [0.1, 0.15) is 12.4 Å². The smallest absolute Gasteiger partial charge is 0.138 e. The Morgan fingerprint density at radius 3 is 2.84 bits per heavy atom. The van der Waals surface area contributed by atoms with Crippen molar-refractivity contribution in [3.05, 3.63) is 66.1 Å². The van der Waals surface area contributed by atoms with Gasteiger partial charge < -0.3 is 4.74 Å². The molecule has 94 valence electrons. The molecule has 3 rings (SSSR count). The van der Waals surface area contributed by atoms with Crippen LogP contribution >= 0.6 is 0 Å². The van der Waals surface area contributed by atoms with Crippen LogP contribution in [0, 0.1) is 6.92 Å². The predicted molar refractivity (Wildman–Crippen MR) is 75.0 cm³/mol. The Morgan fingerprint density at radius 2 is 1.95 bits per heavy atom. The first-order valence-electron chi connectivity index (χ1n) is 6.21. The second-order valence-corrected chi connectivity index (χ2v) is 4.42. The van der Waals surface area contributed by atoms with E-state index in [0.717, 1.165) is 28.0 Å². The number of aromatic nitrogens is 2. The maximum atomic E-state index is 5.73. The molecule has 0 unspecified atom stereocenters. The van der Waals surface area contributed by atoms with Crippen molar-refractivity contribution in [2.45, 2.75) is 13.5 Å². The third kappa shape index (κ3) is 2.71. The molecule has 0 saturated carbocycles. The first kappa shape index (κ1) is 11.7. The summed E-state index contributed by atoms with van der Waals surface area (Å²) in [4.78, 5) is 8.77. The van der Waals surface area contributed by atoms with Gasteiger partial charge in [0.15, 0.2) is 0 Å². The fourth-order valence-electron chi connectivity index (χ4n) is 1.97. The van der Waals surface area contributed by atoms with Crippen LogP contribution < -0.4 is 4.74 Å². The molecular weight excluding hydrogens is 236 g/mol. The molecule has 0 aliphatic carbocycles. The van der Waals surface area contributed by atoms with Crippen LogP contribution in [-0.2, 0) is 6.61 Å². The monoisotopic (exact) mass is 250 g/mol. The summed E-state index contributed by atoms with van der Waals surface area (Å²) in [7, 11) is 0. The van der Waals surface area contributed by atoms with E-state index in [2.05, 4.69) is 9.97 Å². The van der Waals surface area contributed by atoms with Crippen molar-refractivity contribution >= 4 is 10.9 Å². The van der Waals surface area contributed by atoms with E-state index < -0.39 is 0 Å². The summed E-state index contributed by atoms with van der Waals surface area (Å²) < 4.78 is 5.73. The molecule has 0 amide bonds. The van der Waals surface area contributed by atoms with E-state index in [4.69, 9.17) is 4.74 Å². The summed E-state index contributed by atoms with van der Waals surface area (Å²) in [5.41, 5.74) is 2.90. The van der Waals surface area contributed by atoms with Crippen LogP contribution in [0.3, 0.4) is 0 Å². The number of aryl methyl sites for hydroxylation is 1. The van der Waals surface area contributed by atoms with Crippen molar-refractivity contribution in [3.8, 4) is 5.75 Å². The van der Waals surface area contributed by atoms with Gasteiger partial charge in [-0.1, -0.05) is 24.3 Å². The maximum Gasteiger partial charge on any atom is 0.138 e. The van der Waals surface area contributed by atoms with E-state index in [9.17, 15) is 0 Å². The molecule has 0 spiro atoms. The van der Waals surface area contributed by atoms with Gasteiger partial charge in [0.25, 0.3) is 0 Å². The lowest BCUT2D eigenvalue weighted by Gasteiger charge is -2.06. The molecule has 0 saturated heterocycles. The summed E-state index contributed by atoms with van der Waals surface area (Å²) in [5, 5.41) is 1.08. The van der Waals surface area contributed by atoms with Gasteiger partial charge in [-0.3, -0.25) is 9.97 Å². The Labute approximate surface area is 111 Å². The molecule has 3 heteroatoms. The molecule has 0 atom stereocenters. The molecule has 0 bridgehead atoms. The average molecular weight is 250 g/mol. The number of fused-ring (bicyclic) bond motifs is 1. The molecule has 0 fully saturated rings. The van der Waals surface area contributed by atoms with Gasteiger partial charge in [-0.25, -0.2) is 0 Å². The van der Waals surface area contributed by atoms with E-state index in [0.29, 0.717) is 6.61 Å². The Bertz CT molecular complexity index is 710. The number of pyridine rings is 2. The molecule has 19 heavy (non-hydrogen) atoms. The Morgan fingerprint density at radius 1 is 1.05 bits per heavy atom. The quantitative estimate of drug-likeness (QED) is 0.713. The second-order valence-electron chi connectivity index (χ2n) is 4.42. The molecule has 3 nitrogen and oxygen atoms in total. The zero-order valence-electron chi connectivity index (χ0n) is 10.7. The van der Waals surface area contributed by atoms with Gasteiger partial charge >= 0.3 is 0 Å². The van der Waals surface area contributed by atoms with Crippen molar-refractivity contribution in [1.29, 1.82) is 0 Å². The molecular formula is C16H14N2O. The zero-order chi connectivity index (χ0) is 13.1. The van der Waals surface area contributed by atoms with Crippen molar-refractivity contribution in [1.82, 2.24) is 9.97 Å². The minimum absolute atomic E-state index is 0.460. The fourth-order valence-corrected chi connectivity index (χ4v) is 1.97. The van der Waals surface area contributed by atoms with E-state index >= 15 is 0 Å². The molecule has 0 aliphatic rings. The standard InChI is InChI=1S/C16H14N2O/c1-12-5-4-7-14(18-12)11-19-15-9-13-6-2-3-8-16(13)17-10-15/h2-10H,11H2,1H3. The lowest BCUT2D eigenvalue weighted by molar-refractivity contribution is 0.300. The largest absolute Gasteiger partial charge is 0.486 e. The van der Waals surface area contributed by atoms with Crippen LogP contribution in [0.1, 0.15) is 11.4 Å². The van der Waals surface area contributed by atoms with Crippen molar-refractivity contribution in [3.63, 3.8) is 0 Å². The summed E-state index contributed by atoms with van der Waals surface area (Å²) in [6.45, 7) is 2.43. The summed E-state index contributed by atoms with van der Waals surface area (Å²) in [6, 6.07) is 15.9. The van der Waals surface area contributed by atoms with Crippen LogP contribution in [0.4, 0.5) is 0 Å². The first-order valence-corrected chi connectivity index (χ1v) is 6.21. The molecule has 2 heterocycles. The molecule has 0 aliphatic heterocycles. The average Bonchev–Trinajstić information content (AvgIpc) is 2.45. The van der Waals surface area contributed by atoms with Gasteiger partial charge in [0.05, 0.1) is 17.4 Å². The SMILES string of the molecule is Cc1cccc(COc2cnc3ccccc3c2)n1. The number of rotatable bonds is 3. The highest BCUT2D eigenvalue weighted by atomic mass is 16.5. The van der Waals surface area contributed by atoms with Crippen LogP contribution in [0.5, 0.6) is 5.75 Å². The Balaban J connectivity index is 1.78. The normalized spacial score (nSPS) is 10.6. The van der Waals surface area contributed by atoms with Crippen LogP contribution in [0.25, 0.3) is 10.9 Å². The first-order chi connectivity index (χ1) is 9.31. The molecule has 0 N–H and O–H groups in total. The Hall–Kier alpha value is -2.42. The number of hydrogen-bond donors (Lipinski definition) is 0. The molecule has 1 aromatic carbocycles. The predicted octanol–water partition coefficient (Wildman–Crippen LogP) is 3.52. The second kappa shape index (κ2) is 5.06. The van der Waals surface area contributed by atoms with Crippen LogP contribution in [0.2, 0.25) is 0 Å². The van der Waals surface area contributed by atoms with Crippen molar-refractivity contribution < 1.29 is 4.74 Å². The highest BCUT2D eigenvalue weighted by molar-refractivity contribution is 5.79. The lowest BCUT2D eigenvalue weighted by atomic mass is 10.2. The topological polar surface area (TPSA) is 35.0 Å². The van der Waals surface area contributed by atoms with Gasteiger partial charge in [-0.2, -0.15) is 0 Å². The molecule has 3 aromatic rings.